The molecule has 0 aliphatic carbocycles. The molecule has 3 aromatic rings. The monoisotopic (exact) mass is 388 g/mol. The Bertz CT molecular complexity index is 929. The summed E-state index contributed by atoms with van der Waals surface area (Å²) in [5, 5.41) is 3.51. The van der Waals surface area contributed by atoms with E-state index >= 15 is 0 Å². The summed E-state index contributed by atoms with van der Waals surface area (Å²) in [6, 6.07) is 18.4. The molecule has 29 heavy (non-hydrogen) atoms. The van der Waals surface area contributed by atoms with Crippen LogP contribution in [0.15, 0.2) is 60.8 Å². The molecule has 0 radical (unpaired) electrons. The minimum absolute atomic E-state index is 0.0722. The largest absolute Gasteiger partial charge is 0.365 e. The van der Waals surface area contributed by atoms with Gasteiger partial charge in [-0.1, -0.05) is 36.4 Å². The number of pyridine rings is 1. The Morgan fingerprint density at radius 3 is 2.17 bits per heavy atom. The molecule has 4 rings (SSSR count). The van der Waals surface area contributed by atoms with Crippen molar-refractivity contribution in [3.63, 3.8) is 0 Å². The van der Waals surface area contributed by atoms with Crippen molar-refractivity contribution in [2.45, 2.75) is 26.3 Å². The van der Waals surface area contributed by atoms with E-state index < -0.39 is 0 Å². The Kier molecular flexibility index (Phi) is 5.34. The molecule has 1 fully saturated rings. The maximum Gasteiger partial charge on any atom is 0.227 e. The molecule has 0 spiro atoms. The maximum atomic E-state index is 4.90. The van der Waals surface area contributed by atoms with Crippen LogP contribution < -0.4 is 15.1 Å². The number of nitrogens with one attached hydrogen (secondary N) is 1. The summed E-state index contributed by atoms with van der Waals surface area (Å²) >= 11 is 0. The molecule has 0 unspecified atom stereocenters. The molecule has 6 heteroatoms. The third-order valence-electron chi connectivity index (χ3n) is 4.82. The number of hydrogen-bond donors (Lipinski definition) is 1. The van der Waals surface area contributed by atoms with E-state index in [4.69, 9.17) is 9.97 Å². The van der Waals surface area contributed by atoms with Crippen LogP contribution in [0.4, 0.5) is 17.6 Å². The lowest BCUT2D eigenvalue weighted by atomic mass is 10.1. The van der Waals surface area contributed by atoms with Crippen molar-refractivity contribution in [3.8, 4) is 11.3 Å². The van der Waals surface area contributed by atoms with Crippen molar-refractivity contribution in [2.24, 2.45) is 0 Å². The van der Waals surface area contributed by atoms with Gasteiger partial charge in [0.15, 0.2) is 0 Å². The molecular formula is C23H28N6. The van der Waals surface area contributed by atoms with E-state index in [-0.39, 0.29) is 5.54 Å². The predicted octanol–water partition coefficient (Wildman–Crippen LogP) is 4.08. The topological polar surface area (TPSA) is 57.2 Å². The van der Waals surface area contributed by atoms with Crippen LogP contribution >= 0.6 is 0 Å². The van der Waals surface area contributed by atoms with Gasteiger partial charge in [0.05, 0.1) is 5.69 Å². The first-order chi connectivity index (χ1) is 14.0. The van der Waals surface area contributed by atoms with E-state index in [9.17, 15) is 0 Å². The third-order valence-corrected chi connectivity index (χ3v) is 4.82. The van der Waals surface area contributed by atoms with Crippen molar-refractivity contribution in [1.29, 1.82) is 0 Å². The summed E-state index contributed by atoms with van der Waals surface area (Å²) in [5.41, 5.74) is 1.96. The van der Waals surface area contributed by atoms with Crippen molar-refractivity contribution >= 4 is 17.6 Å². The van der Waals surface area contributed by atoms with E-state index in [1.54, 1.807) is 0 Å². The summed E-state index contributed by atoms with van der Waals surface area (Å²) in [7, 11) is 0. The number of nitrogens with zero attached hydrogens (tertiary/aromatic N) is 5. The number of benzene rings is 1. The first-order valence-electron chi connectivity index (χ1n) is 10.1. The van der Waals surface area contributed by atoms with E-state index in [2.05, 4.69) is 59.1 Å². The van der Waals surface area contributed by atoms with Crippen LogP contribution in [0.2, 0.25) is 0 Å². The molecule has 1 N–H and O–H groups in total. The van der Waals surface area contributed by atoms with Crippen molar-refractivity contribution in [3.05, 3.63) is 60.8 Å². The Morgan fingerprint density at radius 2 is 1.52 bits per heavy atom. The average molecular weight is 389 g/mol. The summed E-state index contributed by atoms with van der Waals surface area (Å²) in [4.78, 5) is 18.8. The standard InChI is InChI=1S/C23H28N6/c1-23(2,3)27-20-17-19(18-9-5-4-6-10-18)25-22(26-20)29-15-13-28(14-16-29)21-11-7-8-12-24-21/h4-12,17H,13-16H2,1-3H3,(H,25,26,27). The molecule has 6 nitrogen and oxygen atoms in total. The van der Waals surface area contributed by atoms with E-state index in [1.807, 2.05) is 42.6 Å². The van der Waals surface area contributed by atoms with Crippen LogP contribution in [0.1, 0.15) is 20.8 Å². The highest BCUT2D eigenvalue weighted by Crippen LogP contribution is 2.25. The number of rotatable bonds is 4. The first kappa shape index (κ1) is 19.2. The highest BCUT2D eigenvalue weighted by Gasteiger charge is 2.22. The molecule has 3 heterocycles. The van der Waals surface area contributed by atoms with E-state index in [1.165, 1.54) is 0 Å². The summed E-state index contributed by atoms with van der Waals surface area (Å²) in [5.74, 6) is 2.66. The van der Waals surface area contributed by atoms with Gasteiger partial charge in [0.1, 0.15) is 11.6 Å². The normalized spacial score (nSPS) is 14.7. The van der Waals surface area contributed by atoms with Gasteiger partial charge in [0.25, 0.3) is 0 Å². The average Bonchev–Trinajstić information content (AvgIpc) is 2.74. The van der Waals surface area contributed by atoms with Crippen LogP contribution in [-0.2, 0) is 0 Å². The SMILES string of the molecule is CC(C)(C)Nc1cc(-c2ccccc2)nc(N2CCN(c3ccccn3)CC2)n1. The Balaban J connectivity index is 1.59. The second-order valence-electron chi connectivity index (χ2n) is 8.34. The summed E-state index contributed by atoms with van der Waals surface area (Å²) < 4.78 is 0. The smallest absolute Gasteiger partial charge is 0.227 e. The van der Waals surface area contributed by atoms with Gasteiger partial charge in [0.2, 0.25) is 5.95 Å². The zero-order chi connectivity index (χ0) is 20.3. The third kappa shape index (κ3) is 4.83. The van der Waals surface area contributed by atoms with Gasteiger partial charge in [-0.15, -0.1) is 0 Å². The molecule has 0 atom stereocenters. The highest BCUT2D eigenvalue weighted by atomic mass is 15.3. The van der Waals surface area contributed by atoms with Crippen LogP contribution in [0.3, 0.4) is 0 Å². The summed E-state index contributed by atoms with van der Waals surface area (Å²) in [6.45, 7) is 9.96. The van der Waals surface area contributed by atoms with Crippen molar-refractivity contribution in [2.75, 3.05) is 41.3 Å². The predicted molar refractivity (Wildman–Crippen MR) is 120 cm³/mol. The second kappa shape index (κ2) is 8.07. The van der Waals surface area contributed by atoms with Crippen LogP contribution in [0.5, 0.6) is 0 Å². The molecular weight excluding hydrogens is 360 g/mol. The summed E-state index contributed by atoms with van der Waals surface area (Å²) in [6.07, 6.45) is 1.85. The van der Waals surface area contributed by atoms with Crippen LogP contribution in [0, 0.1) is 0 Å². The molecule has 0 bridgehead atoms. The van der Waals surface area contributed by atoms with Gasteiger partial charge in [-0.2, -0.15) is 4.98 Å². The molecule has 2 aromatic heterocycles. The van der Waals surface area contributed by atoms with E-state index in [0.29, 0.717) is 0 Å². The fourth-order valence-electron chi connectivity index (χ4n) is 3.46. The minimum Gasteiger partial charge on any atom is -0.365 e. The quantitative estimate of drug-likeness (QED) is 0.727. The van der Waals surface area contributed by atoms with Gasteiger partial charge in [0, 0.05) is 49.5 Å². The van der Waals surface area contributed by atoms with E-state index in [0.717, 1.165) is 55.0 Å². The molecule has 0 saturated carbocycles. The Labute approximate surface area is 172 Å². The van der Waals surface area contributed by atoms with Gasteiger partial charge >= 0.3 is 0 Å². The molecule has 150 valence electrons. The molecule has 1 aromatic carbocycles. The van der Waals surface area contributed by atoms with Gasteiger partial charge in [-0.3, -0.25) is 0 Å². The maximum absolute atomic E-state index is 4.90. The first-order valence-corrected chi connectivity index (χ1v) is 10.1. The van der Waals surface area contributed by atoms with Gasteiger partial charge < -0.3 is 15.1 Å². The van der Waals surface area contributed by atoms with Crippen molar-refractivity contribution < 1.29 is 0 Å². The zero-order valence-electron chi connectivity index (χ0n) is 17.3. The number of hydrogen-bond acceptors (Lipinski definition) is 6. The van der Waals surface area contributed by atoms with Gasteiger partial charge in [-0.25, -0.2) is 9.97 Å². The second-order valence-corrected chi connectivity index (χ2v) is 8.34. The lowest BCUT2D eigenvalue weighted by Gasteiger charge is -2.35. The Morgan fingerprint density at radius 1 is 0.828 bits per heavy atom. The number of aromatic nitrogens is 3. The fraction of sp³-hybridized carbons (Fsp3) is 0.348. The molecule has 1 saturated heterocycles. The van der Waals surface area contributed by atoms with Crippen LogP contribution in [0.25, 0.3) is 11.3 Å². The number of piperazine rings is 1. The molecule has 1 aliphatic rings. The lowest BCUT2D eigenvalue weighted by Crippen LogP contribution is -2.47. The minimum atomic E-state index is -0.0722. The van der Waals surface area contributed by atoms with Crippen molar-refractivity contribution in [1.82, 2.24) is 15.0 Å². The Hall–Kier alpha value is -3.15. The lowest BCUT2D eigenvalue weighted by molar-refractivity contribution is 0.622. The van der Waals surface area contributed by atoms with Crippen LogP contribution in [-0.4, -0.2) is 46.7 Å². The molecule has 0 amide bonds. The van der Waals surface area contributed by atoms with Gasteiger partial charge in [-0.05, 0) is 32.9 Å². The number of anilines is 3. The molecule has 1 aliphatic heterocycles. The fourth-order valence-corrected chi connectivity index (χ4v) is 3.46. The highest BCUT2D eigenvalue weighted by molar-refractivity contribution is 5.65. The zero-order valence-corrected chi connectivity index (χ0v) is 17.3.